The summed E-state index contributed by atoms with van der Waals surface area (Å²) < 4.78 is 0. The van der Waals surface area contributed by atoms with Crippen molar-refractivity contribution in [1.82, 2.24) is 0 Å². The molecule has 1 nitrogen and oxygen atoms in total. The molecule has 0 spiro atoms. The summed E-state index contributed by atoms with van der Waals surface area (Å²) in [6.45, 7) is 0.113. The zero-order valence-electron chi connectivity index (χ0n) is 10.6. The summed E-state index contributed by atoms with van der Waals surface area (Å²) in [5.41, 5.74) is 0. The van der Waals surface area contributed by atoms with Crippen LogP contribution in [0.4, 0.5) is 0 Å². The maximum Gasteiger partial charge on any atom is 0.0822 e. The molecule has 0 bridgehead atoms. The van der Waals surface area contributed by atoms with E-state index in [1.807, 2.05) is 5.37 Å². The van der Waals surface area contributed by atoms with Crippen LogP contribution in [0.15, 0.2) is 0 Å². The Kier molecular flexibility index (Phi) is 15.1. The van der Waals surface area contributed by atoms with E-state index in [4.69, 9.17) is 12.2 Å². The van der Waals surface area contributed by atoms with E-state index in [2.05, 4.69) is 0 Å². The van der Waals surface area contributed by atoms with E-state index >= 15 is 0 Å². The minimum absolute atomic E-state index is 0.113. The molecular weight excluding hydrogens is 216 g/mol. The largest absolute Gasteiger partial charge is 0.237 e. The molecule has 0 heterocycles. The molecule has 0 aliphatic carbocycles. The van der Waals surface area contributed by atoms with Crippen molar-refractivity contribution in [3.05, 3.63) is 0 Å². The van der Waals surface area contributed by atoms with E-state index < -0.39 is 0 Å². The predicted molar refractivity (Wildman–Crippen MR) is 74.6 cm³/mol. The average molecular weight is 243 g/mol. The Hall–Kier alpha value is 0.0500. The van der Waals surface area contributed by atoms with Gasteiger partial charge in [-0.3, -0.25) is 0 Å². The molecule has 0 unspecified atom stereocenters. The van der Waals surface area contributed by atoms with Crippen molar-refractivity contribution in [3.8, 4) is 0 Å². The molecule has 0 amide bonds. The first-order valence-electron chi connectivity index (χ1n) is 6.93. The molecule has 0 rings (SSSR count). The normalized spacial score (nSPS) is 10.6. The van der Waals surface area contributed by atoms with Crippen molar-refractivity contribution in [2.75, 3.05) is 6.61 Å². The molecule has 95 valence electrons. The fourth-order valence-corrected chi connectivity index (χ4v) is 2.09. The first-order chi connectivity index (χ1) is 7.91. The molecule has 0 saturated heterocycles. The number of rotatable bonds is 13. The fraction of sp³-hybridized carbons (Fsp3) is 0.929. The second-order valence-electron chi connectivity index (χ2n) is 4.55. The van der Waals surface area contributed by atoms with Gasteiger partial charge in [0.15, 0.2) is 0 Å². The van der Waals surface area contributed by atoms with Crippen LogP contribution in [0.5, 0.6) is 0 Å². The fourth-order valence-electron chi connectivity index (χ4n) is 1.92. The molecule has 0 saturated carbocycles. The smallest absolute Gasteiger partial charge is 0.0822 e. The molecule has 1 radical (unpaired) electrons. The van der Waals surface area contributed by atoms with Crippen molar-refractivity contribution < 1.29 is 5.11 Å². The van der Waals surface area contributed by atoms with Crippen molar-refractivity contribution >= 4 is 17.6 Å². The first-order valence-corrected chi connectivity index (χ1v) is 7.40. The van der Waals surface area contributed by atoms with Gasteiger partial charge in [0, 0.05) is 0 Å². The molecule has 0 aromatic carbocycles. The van der Waals surface area contributed by atoms with Crippen molar-refractivity contribution in [2.45, 2.75) is 77.0 Å². The van der Waals surface area contributed by atoms with E-state index in [0.717, 1.165) is 19.3 Å². The lowest BCUT2D eigenvalue weighted by Crippen LogP contribution is -1.84. The standard InChI is InChI=1S/C14H27OS/c15-13-11-9-7-5-3-1-2-4-6-8-10-12-14-16/h14H,1-13H2. The lowest BCUT2D eigenvalue weighted by atomic mass is 10.1. The lowest BCUT2D eigenvalue weighted by Gasteiger charge is -2.01. The van der Waals surface area contributed by atoms with Crippen LogP contribution in [0.25, 0.3) is 0 Å². The van der Waals surface area contributed by atoms with E-state index in [0.29, 0.717) is 0 Å². The number of thiocarbonyl (C=S) groups is 1. The van der Waals surface area contributed by atoms with E-state index in [9.17, 15) is 5.11 Å². The van der Waals surface area contributed by atoms with Gasteiger partial charge in [0.25, 0.3) is 0 Å². The zero-order chi connectivity index (χ0) is 11.9. The van der Waals surface area contributed by atoms with E-state index in [-0.39, 0.29) is 6.61 Å². The monoisotopic (exact) mass is 243 g/mol. The van der Waals surface area contributed by atoms with Crippen LogP contribution in [0, 0.1) is 0 Å². The van der Waals surface area contributed by atoms with Gasteiger partial charge in [-0.15, -0.1) is 0 Å². The van der Waals surface area contributed by atoms with Crippen LogP contribution in [-0.4, -0.2) is 12.0 Å². The Labute approximate surface area is 107 Å². The number of hydrogen-bond donors (Lipinski definition) is 0. The Balaban J connectivity index is 2.85. The molecule has 0 N–H and O–H groups in total. The molecule has 0 fully saturated rings. The van der Waals surface area contributed by atoms with Gasteiger partial charge in [-0.2, -0.15) is 0 Å². The highest BCUT2D eigenvalue weighted by Gasteiger charge is 1.92. The van der Waals surface area contributed by atoms with Crippen molar-refractivity contribution in [2.24, 2.45) is 0 Å². The van der Waals surface area contributed by atoms with E-state index in [1.165, 1.54) is 57.8 Å². The molecule has 16 heavy (non-hydrogen) atoms. The minimum atomic E-state index is 0.113. The highest BCUT2D eigenvalue weighted by molar-refractivity contribution is 7.78. The second kappa shape index (κ2) is 15.0. The summed E-state index contributed by atoms with van der Waals surface area (Å²) in [5, 5.41) is 12.1. The quantitative estimate of drug-likeness (QED) is 0.325. The summed E-state index contributed by atoms with van der Waals surface area (Å²) in [6.07, 6.45) is 15.2. The molecule has 0 aliphatic rings. The lowest BCUT2D eigenvalue weighted by molar-refractivity contribution is 0.186. The molecule has 0 aromatic heterocycles. The molecule has 0 aromatic rings. The maximum atomic E-state index is 10.2. The summed E-state index contributed by atoms with van der Waals surface area (Å²) in [6, 6.07) is 0. The Morgan fingerprint density at radius 1 is 0.625 bits per heavy atom. The Bertz CT molecular complexity index is 137. The Morgan fingerprint density at radius 2 is 1.00 bits per heavy atom. The zero-order valence-corrected chi connectivity index (χ0v) is 11.4. The topological polar surface area (TPSA) is 19.9 Å². The summed E-state index contributed by atoms with van der Waals surface area (Å²) in [7, 11) is 0. The number of unbranched alkanes of at least 4 members (excludes halogenated alkanes) is 11. The third-order valence-electron chi connectivity index (χ3n) is 2.97. The summed E-state index contributed by atoms with van der Waals surface area (Å²) in [5.74, 6) is 0. The van der Waals surface area contributed by atoms with Crippen LogP contribution in [-0.2, 0) is 5.11 Å². The highest BCUT2D eigenvalue weighted by Crippen LogP contribution is 2.11. The average Bonchev–Trinajstić information content (AvgIpc) is 2.31. The molecular formula is C14H27OS. The van der Waals surface area contributed by atoms with Crippen LogP contribution in [0.1, 0.15) is 77.0 Å². The predicted octanol–water partition coefficient (Wildman–Crippen LogP) is 5.10. The van der Waals surface area contributed by atoms with Crippen molar-refractivity contribution in [3.63, 3.8) is 0 Å². The maximum absolute atomic E-state index is 10.2. The highest BCUT2D eigenvalue weighted by atomic mass is 32.1. The van der Waals surface area contributed by atoms with Gasteiger partial charge < -0.3 is 0 Å². The van der Waals surface area contributed by atoms with Crippen LogP contribution < -0.4 is 0 Å². The van der Waals surface area contributed by atoms with Crippen LogP contribution in [0.2, 0.25) is 0 Å². The number of hydrogen-bond acceptors (Lipinski definition) is 1. The SMILES string of the molecule is [O]CCCCCCCCCCCCCC=S. The third kappa shape index (κ3) is 14.1. The molecule has 0 atom stereocenters. The summed E-state index contributed by atoms with van der Waals surface area (Å²) in [4.78, 5) is 0. The van der Waals surface area contributed by atoms with Crippen LogP contribution in [0.3, 0.4) is 0 Å². The van der Waals surface area contributed by atoms with E-state index in [1.54, 1.807) is 0 Å². The molecule has 0 aliphatic heterocycles. The molecule has 2 heteroatoms. The van der Waals surface area contributed by atoms with Gasteiger partial charge in [-0.05, 0) is 24.6 Å². The van der Waals surface area contributed by atoms with Crippen molar-refractivity contribution in [1.29, 1.82) is 0 Å². The van der Waals surface area contributed by atoms with Gasteiger partial charge >= 0.3 is 0 Å². The summed E-state index contributed by atoms with van der Waals surface area (Å²) >= 11 is 4.79. The first kappa shape index (κ1) is 16.1. The third-order valence-corrected chi connectivity index (χ3v) is 3.20. The van der Waals surface area contributed by atoms with Gasteiger partial charge in [0.05, 0.1) is 6.61 Å². The van der Waals surface area contributed by atoms with Gasteiger partial charge in [-0.25, -0.2) is 5.11 Å². The van der Waals surface area contributed by atoms with Crippen LogP contribution >= 0.6 is 12.2 Å². The van der Waals surface area contributed by atoms with Gasteiger partial charge in [-0.1, -0.05) is 70.0 Å². The minimum Gasteiger partial charge on any atom is -0.237 e. The Morgan fingerprint density at radius 3 is 1.38 bits per heavy atom. The van der Waals surface area contributed by atoms with Gasteiger partial charge in [0.1, 0.15) is 0 Å². The van der Waals surface area contributed by atoms with Gasteiger partial charge in [0.2, 0.25) is 0 Å². The second-order valence-corrected chi connectivity index (χ2v) is 4.88.